The molecule has 0 aromatic carbocycles. The molecule has 11 heavy (non-hydrogen) atoms. The molecule has 1 radical (unpaired) electrons. The molecule has 67 valence electrons. The fourth-order valence-electron chi connectivity index (χ4n) is 0. The molecule has 0 unspecified atom stereocenters. The summed E-state index contributed by atoms with van der Waals surface area (Å²) in [7, 11) is -10.6. The van der Waals surface area contributed by atoms with Gasteiger partial charge in [0.15, 0.2) is 0 Å². The average Bonchev–Trinajstić information content (AvgIpc) is 1.12. The summed E-state index contributed by atoms with van der Waals surface area (Å²) in [6.07, 6.45) is 0. The summed E-state index contributed by atoms with van der Waals surface area (Å²) in [5.41, 5.74) is 0. The van der Waals surface area contributed by atoms with Gasteiger partial charge < -0.3 is 28.4 Å². The van der Waals surface area contributed by atoms with Crippen LogP contribution in [-0.2, 0) is 32.0 Å². The number of hydrogen-bond donors (Lipinski definition) is 0. The van der Waals surface area contributed by atoms with Gasteiger partial charge in [-0.1, -0.05) is 0 Å². The molecular formula is FeO8PS. The summed E-state index contributed by atoms with van der Waals surface area (Å²) >= 11 is 0. The van der Waals surface area contributed by atoms with E-state index in [9.17, 15) is 0 Å². The third-order valence-electron chi connectivity index (χ3n) is 0. The summed E-state index contributed by atoms with van der Waals surface area (Å²) in [6, 6.07) is 0. The zero-order chi connectivity index (χ0) is 9.00. The predicted octanol–water partition coefficient (Wildman–Crippen LogP) is -4.17. The van der Waals surface area contributed by atoms with E-state index in [1.807, 2.05) is 0 Å². The molecule has 0 aliphatic carbocycles. The summed E-state index contributed by atoms with van der Waals surface area (Å²) in [6.45, 7) is 0. The molecule has 0 fully saturated rings. The van der Waals surface area contributed by atoms with Crippen molar-refractivity contribution in [3.05, 3.63) is 0 Å². The predicted molar refractivity (Wildman–Crippen MR) is 18.1 cm³/mol. The van der Waals surface area contributed by atoms with Crippen molar-refractivity contribution >= 4 is 18.2 Å². The molecule has 0 aromatic rings. The minimum atomic E-state index is -5.39. The Morgan fingerprint density at radius 3 is 1.00 bits per heavy atom. The fourth-order valence-corrected chi connectivity index (χ4v) is 0. The Morgan fingerprint density at radius 1 is 1.00 bits per heavy atom. The van der Waals surface area contributed by atoms with Gasteiger partial charge in [-0.2, -0.15) is 7.82 Å². The third kappa shape index (κ3) is 3040. The Morgan fingerprint density at radius 2 is 1.00 bits per heavy atom. The first-order valence-electron chi connectivity index (χ1n) is 1.40. The molecule has 8 nitrogen and oxygen atoms in total. The molecule has 0 saturated carbocycles. The van der Waals surface area contributed by atoms with Crippen LogP contribution in [0.15, 0.2) is 0 Å². The fraction of sp³-hybridized carbons (Fsp3) is 0. The molecule has 0 aromatic heterocycles. The van der Waals surface area contributed by atoms with Gasteiger partial charge in [-0.05, 0) is 0 Å². The van der Waals surface area contributed by atoms with Crippen molar-refractivity contribution in [2.75, 3.05) is 0 Å². The Kier molecular flexibility index (Phi) is 9.67. The van der Waals surface area contributed by atoms with E-state index < -0.39 is 18.2 Å². The topological polar surface area (TPSA) is 167 Å². The van der Waals surface area contributed by atoms with E-state index in [-0.39, 0.29) is 17.1 Å². The molecule has 0 rings (SSSR count). The molecule has 0 amide bonds. The third-order valence-corrected chi connectivity index (χ3v) is 0. The molecule has 0 saturated heterocycles. The number of rotatable bonds is 0. The van der Waals surface area contributed by atoms with Crippen LogP contribution < -0.4 is 14.7 Å². The van der Waals surface area contributed by atoms with Gasteiger partial charge in [0.25, 0.3) is 0 Å². The minimum Gasteiger partial charge on any atom is -0.822 e. The first-order valence-corrected chi connectivity index (χ1v) is 4.19. The quantitative estimate of drug-likeness (QED) is 0.180. The monoisotopic (exact) mass is 247 g/mol. The van der Waals surface area contributed by atoms with Crippen molar-refractivity contribution < 1.29 is 53.8 Å². The van der Waals surface area contributed by atoms with Gasteiger partial charge >= 0.3 is 17.1 Å². The van der Waals surface area contributed by atoms with E-state index in [4.69, 9.17) is 36.8 Å². The van der Waals surface area contributed by atoms with Gasteiger partial charge in [0.2, 0.25) is 0 Å². The maximum Gasteiger partial charge on any atom is 5.00 e. The Hall–Kier alpha value is 0.499. The zero-order valence-electron chi connectivity index (χ0n) is 4.48. The molecule has 0 N–H and O–H groups in total. The van der Waals surface area contributed by atoms with Crippen LogP contribution in [-0.4, -0.2) is 17.5 Å². The van der Waals surface area contributed by atoms with Gasteiger partial charge in [-0.25, -0.2) is 0 Å². The summed E-state index contributed by atoms with van der Waals surface area (Å²) in [5.74, 6) is 0. The van der Waals surface area contributed by atoms with Crippen molar-refractivity contribution in [3.8, 4) is 0 Å². The van der Waals surface area contributed by atoms with Crippen LogP contribution >= 0.6 is 7.82 Å². The minimum absolute atomic E-state index is 0. The summed E-state index contributed by atoms with van der Waals surface area (Å²) in [5, 5.41) is 0. The maximum atomic E-state index is 8.55. The molecule has 0 aliphatic heterocycles. The van der Waals surface area contributed by atoms with E-state index in [0.717, 1.165) is 0 Å². The average molecular weight is 247 g/mol. The first-order chi connectivity index (χ1) is 4.00. The number of phosphoric acid groups is 1. The van der Waals surface area contributed by atoms with E-state index in [2.05, 4.69) is 0 Å². The van der Waals surface area contributed by atoms with Crippen molar-refractivity contribution in [1.82, 2.24) is 0 Å². The summed E-state index contributed by atoms with van der Waals surface area (Å²) in [4.78, 5) is 25.6. The van der Waals surface area contributed by atoms with Crippen LogP contribution in [0, 0.1) is 0 Å². The molecule has 11 heteroatoms. The van der Waals surface area contributed by atoms with Crippen LogP contribution in [0.5, 0.6) is 0 Å². The second-order valence-corrected chi connectivity index (χ2v) is 2.57. The second kappa shape index (κ2) is 6.06. The second-order valence-electron chi connectivity index (χ2n) is 0.855. The van der Waals surface area contributed by atoms with E-state index in [1.165, 1.54) is 0 Å². The van der Waals surface area contributed by atoms with E-state index in [0.29, 0.717) is 0 Å². The Balaban J connectivity index is -0.000000107. The molecule has 0 heterocycles. The van der Waals surface area contributed by atoms with Gasteiger partial charge in [0, 0.05) is 10.4 Å². The molecule has 0 aliphatic rings. The normalized spacial score (nSPS) is 10.6. The number of hydrogen-bond acceptors (Lipinski definition) is 8. The maximum absolute atomic E-state index is 8.55. The molecule has 0 atom stereocenters. The van der Waals surface area contributed by atoms with Crippen LogP contribution in [0.25, 0.3) is 0 Å². The Bertz CT molecular complexity index is 192. The SMILES string of the molecule is O=P([O-])([O-])[O-].O=S(=O)([O-])[O-].[Fe+5]. The first kappa shape index (κ1) is 17.5. The van der Waals surface area contributed by atoms with Crippen molar-refractivity contribution in [1.29, 1.82) is 0 Å². The molecule has 0 spiro atoms. The van der Waals surface area contributed by atoms with Crippen LogP contribution in [0.4, 0.5) is 0 Å². The van der Waals surface area contributed by atoms with Crippen molar-refractivity contribution in [2.24, 2.45) is 0 Å². The molecular weight excluding hydrogens is 247 g/mol. The van der Waals surface area contributed by atoms with Crippen LogP contribution in [0.3, 0.4) is 0 Å². The smallest absolute Gasteiger partial charge is 0.822 e. The van der Waals surface area contributed by atoms with Crippen molar-refractivity contribution in [2.45, 2.75) is 0 Å². The van der Waals surface area contributed by atoms with Gasteiger partial charge in [-0.15, -0.1) is 0 Å². The van der Waals surface area contributed by atoms with Crippen molar-refractivity contribution in [3.63, 3.8) is 0 Å². The standard InChI is InChI=1S/Fe.H3O4P.H2O4S/c;2*1-5(2,3)4/h;(H3,1,2,3,4);(H2,1,2,3,4)/q+5;;/p-5. The van der Waals surface area contributed by atoms with Gasteiger partial charge in [0.1, 0.15) is 0 Å². The van der Waals surface area contributed by atoms with Crippen LogP contribution in [0.2, 0.25) is 0 Å². The van der Waals surface area contributed by atoms with E-state index >= 15 is 0 Å². The van der Waals surface area contributed by atoms with Gasteiger partial charge in [0.05, 0.1) is 0 Å². The largest absolute Gasteiger partial charge is 5.00 e. The Labute approximate surface area is 72.5 Å². The zero-order valence-corrected chi connectivity index (χ0v) is 7.29. The van der Waals surface area contributed by atoms with Gasteiger partial charge in [-0.3, -0.25) is 8.42 Å². The summed E-state index contributed by atoms with van der Waals surface area (Å²) < 4.78 is 42.6. The molecule has 0 bridgehead atoms. The van der Waals surface area contributed by atoms with E-state index in [1.54, 1.807) is 0 Å². The van der Waals surface area contributed by atoms with Crippen LogP contribution in [0.1, 0.15) is 0 Å².